The van der Waals surface area contributed by atoms with Crippen LogP contribution in [0.3, 0.4) is 0 Å². The van der Waals surface area contributed by atoms with Crippen molar-refractivity contribution in [2.45, 2.75) is 32.2 Å². The zero-order valence-corrected chi connectivity index (χ0v) is 17.7. The van der Waals surface area contributed by atoms with E-state index in [9.17, 15) is 18.4 Å². The molecule has 1 amide bonds. The molecule has 0 radical (unpaired) electrons. The van der Waals surface area contributed by atoms with E-state index >= 15 is 0 Å². The van der Waals surface area contributed by atoms with Gasteiger partial charge in [0.1, 0.15) is 5.75 Å². The number of benzene rings is 2. The Kier molecular flexibility index (Phi) is 7.45. The first kappa shape index (κ1) is 22.5. The van der Waals surface area contributed by atoms with E-state index in [2.05, 4.69) is 15.0 Å². The average molecular weight is 449 g/mol. The summed E-state index contributed by atoms with van der Waals surface area (Å²) < 4.78 is 36.4. The number of rotatable bonds is 9. The number of halogens is 2. The van der Waals surface area contributed by atoms with Crippen LogP contribution in [-0.4, -0.2) is 40.4 Å². The first-order valence-corrected chi connectivity index (χ1v) is 10.5. The number of imidazole rings is 1. The third-order valence-corrected chi connectivity index (χ3v) is 5.23. The number of thioether (sulfide) groups is 1. The van der Waals surface area contributed by atoms with Crippen LogP contribution >= 0.6 is 11.8 Å². The van der Waals surface area contributed by atoms with Gasteiger partial charge in [0.05, 0.1) is 34.6 Å². The molecule has 0 atom stereocenters. The number of amides is 1. The highest BCUT2D eigenvalue weighted by Crippen LogP contribution is 2.28. The fourth-order valence-electron chi connectivity index (χ4n) is 2.95. The molecule has 0 unspecified atom stereocenters. The molecule has 0 saturated carbocycles. The molecular formula is C21H21F2N3O4S. The molecule has 1 aromatic heterocycles. The van der Waals surface area contributed by atoms with Gasteiger partial charge in [-0.2, -0.15) is 8.78 Å². The van der Waals surface area contributed by atoms with Crippen molar-refractivity contribution in [1.29, 1.82) is 0 Å². The van der Waals surface area contributed by atoms with Crippen molar-refractivity contribution in [2.75, 3.05) is 17.7 Å². The number of esters is 1. The highest BCUT2D eigenvalue weighted by molar-refractivity contribution is 7.99. The van der Waals surface area contributed by atoms with Crippen molar-refractivity contribution in [3.8, 4) is 5.75 Å². The van der Waals surface area contributed by atoms with Gasteiger partial charge in [0.25, 0.3) is 0 Å². The SMILES string of the molecule is CCOC(=O)c1ccc2c(c1)nc(SCC(=O)Nc1ccccc1OC(F)F)n2CC. The second kappa shape index (κ2) is 10.3. The van der Waals surface area contributed by atoms with Crippen LogP contribution < -0.4 is 10.1 Å². The first-order chi connectivity index (χ1) is 14.9. The Morgan fingerprint density at radius 1 is 1.19 bits per heavy atom. The molecule has 164 valence electrons. The quantitative estimate of drug-likeness (QED) is 0.381. The summed E-state index contributed by atoms with van der Waals surface area (Å²) in [5.41, 5.74) is 2.01. The van der Waals surface area contributed by atoms with Crippen LogP contribution in [0.4, 0.5) is 14.5 Å². The topological polar surface area (TPSA) is 82.4 Å². The van der Waals surface area contributed by atoms with Crippen molar-refractivity contribution in [2.24, 2.45) is 0 Å². The summed E-state index contributed by atoms with van der Waals surface area (Å²) in [5.74, 6) is -0.911. The van der Waals surface area contributed by atoms with Crippen LogP contribution in [0.5, 0.6) is 5.75 Å². The van der Waals surface area contributed by atoms with Gasteiger partial charge in [-0.1, -0.05) is 23.9 Å². The van der Waals surface area contributed by atoms with Crippen LogP contribution in [0.15, 0.2) is 47.6 Å². The number of alkyl halides is 2. The molecular weight excluding hydrogens is 428 g/mol. The zero-order valence-electron chi connectivity index (χ0n) is 16.9. The number of fused-ring (bicyclic) bond motifs is 1. The third-order valence-electron chi connectivity index (χ3n) is 4.25. The van der Waals surface area contributed by atoms with Gasteiger partial charge in [0.15, 0.2) is 5.16 Å². The number of anilines is 1. The second-order valence-corrected chi connectivity index (χ2v) is 7.22. The van der Waals surface area contributed by atoms with E-state index in [-0.39, 0.29) is 23.8 Å². The highest BCUT2D eigenvalue weighted by atomic mass is 32.2. The minimum Gasteiger partial charge on any atom is -0.462 e. The Balaban J connectivity index is 1.73. The Labute approximate surface area is 181 Å². The summed E-state index contributed by atoms with van der Waals surface area (Å²) in [5, 5.41) is 3.18. The molecule has 0 fully saturated rings. The molecule has 2 aromatic carbocycles. The highest BCUT2D eigenvalue weighted by Gasteiger charge is 2.16. The number of aryl methyl sites for hydroxylation is 1. The Bertz CT molecular complexity index is 1090. The van der Waals surface area contributed by atoms with E-state index in [1.807, 2.05) is 11.5 Å². The van der Waals surface area contributed by atoms with E-state index in [0.29, 0.717) is 22.8 Å². The van der Waals surface area contributed by atoms with Crippen LogP contribution in [0.1, 0.15) is 24.2 Å². The summed E-state index contributed by atoms with van der Waals surface area (Å²) in [7, 11) is 0. The molecule has 10 heteroatoms. The van der Waals surface area contributed by atoms with Gasteiger partial charge in [0.2, 0.25) is 5.91 Å². The lowest BCUT2D eigenvalue weighted by Gasteiger charge is -2.11. The van der Waals surface area contributed by atoms with E-state index in [1.165, 1.54) is 30.0 Å². The molecule has 0 bridgehead atoms. The van der Waals surface area contributed by atoms with Crippen molar-refractivity contribution in [1.82, 2.24) is 9.55 Å². The molecule has 0 aliphatic heterocycles. The van der Waals surface area contributed by atoms with Crippen molar-refractivity contribution >= 4 is 40.4 Å². The molecule has 0 aliphatic carbocycles. The molecule has 1 N–H and O–H groups in total. The maximum absolute atomic E-state index is 12.5. The third kappa shape index (κ3) is 5.52. The van der Waals surface area contributed by atoms with E-state index in [1.54, 1.807) is 31.2 Å². The first-order valence-electron chi connectivity index (χ1n) is 9.56. The fraction of sp³-hybridized carbons (Fsp3) is 0.286. The molecule has 1 heterocycles. The summed E-state index contributed by atoms with van der Waals surface area (Å²) in [4.78, 5) is 28.9. The molecule has 3 aromatic rings. The lowest BCUT2D eigenvalue weighted by Crippen LogP contribution is -2.16. The number of aromatic nitrogens is 2. The molecule has 31 heavy (non-hydrogen) atoms. The maximum atomic E-state index is 12.5. The smallest absolute Gasteiger partial charge is 0.387 e. The Morgan fingerprint density at radius 3 is 2.68 bits per heavy atom. The Hall–Kier alpha value is -3.14. The number of hydrogen-bond donors (Lipinski definition) is 1. The van der Waals surface area contributed by atoms with E-state index < -0.39 is 18.5 Å². The lowest BCUT2D eigenvalue weighted by molar-refractivity contribution is -0.113. The molecule has 0 spiro atoms. The molecule has 3 rings (SSSR count). The Morgan fingerprint density at radius 2 is 1.97 bits per heavy atom. The lowest BCUT2D eigenvalue weighted by atomic mass is 10.2. The number of carbonyl (C=O) groups excluding carboxylic acids is 2. The van der Waals surface area contributed by atoms with Gasteiger partial charge in [0, 0.05) is 6.54 Å². The zero-order chi connectivity index (χ0) is 22.4. The van der Waals surface area contributed by atoms with Crippen LogP contribution in [-0.2, 0) is 16.1 Å². The number of para-hydroxylation sites is 2. The van der Waals surface area contributed by atoms with Gasteiger partial charge in [-0.3, -0.25) is 4.79 Å². The minimum atomic E-state index is -2.99. The normalized spacial score (nSPS) is 11.0. The van der Waals surface area contributed by atoms with E-state index in [4.69, 9.17) is 4.74 Å². The average Bonchev–Trinajstić information content (AvgIpc) is 3.10. The number of ether oxygens (including phenoxy) is 2. The van der Waals surface area contributed by atoms with Gasteiger partial charge in [-0.15, -0.1) is 0 Å². The second-order valence-electron chi connectivity index (χ2n) is 6.27. The number of nitrogens with zero attached hydrogens (tertiary/aromatic N) is 2. The van der Waals surface area contributed by atoms with Crippen LogP contribution in [0.25, 0.3) is 11.0 Å². The summed E-state index contributed by atoms with van der Waals surface area (Å²) in [6, 6.07) is 11.1. The largest absolute Gasteiger partial charge is 0.462 e. The summed E-state index contributed by atoms with van der Waals surface area (Å²) in [6.45, 7) is 1.59. The van der Waals surface area contributed by atoms with E-state index in [0.717, 1.165) is 5.52 Å². The summed E-state index contributed by atoms with van der Waals surface area (Å²) >= 11 is 1.20. The van der Waals surface area contributed by atoms with Crippen molar-refractivity contribution < 1.29 is 27.8 Å². The molecule has 0 aliphatic rings. The van der Waals surface area contributed by atoms with Crippen molar-refractivity contribution in [3.05, 3.63) is 48.0 Å². The van der Waals surface area contributed by atoms with Gasteiger partial charge in [-0.25, -0.2) is 9.78 Å². The fourth-order valence-corrected chi connectivity index (χ4v) is 3.83. The summed E-state index contributed by atoms with van der Waals surface area (Å²) in [6.07, 6.45) is 0. The molecule has 0 saturated heterocycles. The minimum absolute atomic E-state index is 0.0110. The van der Waals surface area contributed by atoms with Crippen LogP contribution in [0.2, 0.25) is 0 Å². The number of carbonyl (C=O) groups is 2. The predicted octanol–water partition coefficient (Wildman–Crippen LogP) is 4.57. The van der Waals surface area contributed by atoms with Gasteiger partial charge in [-0.05, 0) is 44.2 Å². The molecule has 7 nitrogen and oxygen atoms in total. The van der Waals surface area contributed by atoms with Crippen molar-refractivity contribution in [3.63, 3.8) is 0 Å². The van der Waals surface area contributed by atoms with Gasteiger partial charge < -0.3 is 19.4 Å². The van der Waals surface area contributed by atoms with Crippen LogP contribution in [0, 0.1) is 0 Å². The standard InChI is InChI=1S/C21H21F2N3O4S/c1-3-26-16-10-9-13(19(28)29-4-2)11-15(16)25-21(26)31-12-18(27)24-14-7-5-6-8-17(14)30-20(22)23/h5-11,20H,3-4,12H2,1-2H3,(H,24,27). The monoisotopic (exact) mass is 449 g/mol. The van der Waals surface area contributed by atoms with Gasteiger partial charge >= 0.3 is 12.6 Å². The number of nitrogens with one attached hydrogen (secondary N) is 1. The predicted molar refractivity (Wildman–Crippen MR) is 114 cm³/mol. The maximum Gasteiger partial charge on any atom is 0.387 e. The number of hydrogen-bond acceptors (Lipinski definition) is 6.